The van der Waals surface area contributed by atoms with Crippen LogP contribution in [0.15, 0.2) is 29.4 Å². The minimum Gasteiger partial charge on any atom is -0.123 e. The highest BCUT2D eigenvalue weighted by Gasteiger charge is 2.34. The molecule has 0 aliphatic heterocycles. The molecule has 6 saturated carbocycles. The van der Waals surface area contributed by atoms with Crippen LogP contribution in [0.1, 0.15) is 465 Å². The Morgan fingerprint density at radius 3 is 0.382 bits per heavy atom. The fourth-order valence-electron chi connectivity index (χ4n) is 20.0. The first-order chi connectivity index (χ1) is 50.4. The molecule has 0 nitrogen and oxygen atoms in total. The van der Waals surface area contributed by atoms with Crippen molar-refractivity contribution in [3.05, 3.63) is 0 Å². The van der Waals surface area contributed by atoms with Crippen molar-refractivity contribution in [2.24, 2.45) is 71.0 Å². The summed E-state index contributed by atoms with van der Waals surface area (Å²) >= 11 is 14.9. The highest BCUT2D eigenvalue weighted by atomic mass is 32.2. The van der Waals surface area contributed by atoms with Gasteiger partial charge < -0.3 is 0 Å². The third kappa shape index (κ3) is 38.2. The molecule has 0 radical (unpaired) electrons. The van der Waals surface area contributed by atoms with Crippen molar-refractivity contribution >= 4 is 70.6 Å². The van der Waals surface area contributed by atoms with Gasteiger partial charge in [-0.15, -0.1) is 70.6 Å². The zero-order valence-electron chi connectivity index (χ0n) is 69.3. The molecule has 6 fully saturated rings. The standard InChI is InChI=1S/C96H174S6/c1-7-13-19-25-31-37-43-79-49-61-85(62-50-79)73-97-91-92(98-74-86-63-51-80(52-64-86)44-38-32-26-20-14-8-2)94(100-76-88-67-55-82(56-68-88)46-40-34-28-22-16-10-4)96(102-78-90-71-59-84(60-72-90)48-42-36-30-24-18-12-6)95(101-77-89-69-57-83(58-70-89)47-41-35-29-23-17-11-5)93(91)99-75-87-65-53-81(54-66-87)45-39-33-27-21-15-9-3/h79-90H,7-78H2,1-6H3. The summed E-state index contributed by atoms with van der Waals surface area (Å²) in [5, 5.41) is 0. The van der Waals surface area contributed by atoms with Crippen molar-refractivity contribution in [1.82, 2.24) is 0 Å². The summed E-state index contributed by atoms with van der Waals surface area (Å²) in [6.07, 6.45) is 97.3. The Morgan fingerprint density at radius 2 is 0.255 bits per heavy atom. The maximum Gasteiger partial charge on any atom is 0.0368 e. The van der Waals surface area contributed by atoms with Crippen LogP contribution in [-0.4, -0.2) is 34.5 Å². The van der Waals surface area contributed by atoms with Crippen LogP contribution in [0.5, 0.6) is 0 Å². The lowest BCUT2D eigenvalue weighted by Crippen LogP contribution is -2.18. The normalized spacial score (nSPS) is 25.9. The lowest BCUT2D eigenvalue weighted by atomic mass is 9.80. The lowest BCUT2D eigenvalue weighted by molar-refractivity contribution is 0.274. The van der Waals surface area contributed by atoms with Gasteiger partial charge in [0, 0.05) is 63.9 Å². The number of hydrogen-bond acceptors (Lipinski definition) is 6. The third-order valence-electron chi connectivity index (χ3n) is 27.6. The molecule has 0 bridgehead atoms. The molecule has 1 aromatic rings. The molecular formula is C96H174S6. The van der Waals surface area contributed by atoms with E-state index in [1.54, 1.807) is 0 Å². The van der Waals surface area contributed by atoms with Crippen LogP contribution >= 0.6 is 70.6 Å². The Hall–Kier alpha value is 1.32. The maximum absolute atomic E-state index is 2.48. The smallest absolute Gasteiger partial charge is 0.0368 e. The van der Waals surface area contributed by atoms with Crippen LogP contribution in [0.25, 0.3) is 0 Å². The van der Waals surface area contributed by atoms with Gasteiger partial charge >= 0.3 is 0 Å². The number of rotatable bonds is 60. The zero-order valence-corrected chi connectivity index (χ0v) is 74.2. The Balaban J connectivity index is 1.22. The predicted octanol–water partition coefficient (Wildman–Crippen LogP) is 35.6. The summed E-state index contributed by atoms with van der Waals surface area (Å²) in [5.74, 6) is 19.4. The van der Waals surface area contributed by atoms with Gasteiger partial charge in [-0.3, -0.25) is 0 Å². The molecule has 0 aromatic heterocycles. The van der Waals surface area contributed by atoms with Crippen molar-refractivity contribution in [2.75, 3.05) is 34.5 Å². The molecular weight excluding hydrogens is 1350 g/mol. The molecule has 7 rings (SSSR count). The van der Waals surface area contributed by atoms with Crippen molar-refractivity contribution in [1.29, 1.82) is 0 Å². The molecule has 0 spiro atoms. The van der Waals surface area contributed by atoms with Gasteiger partial charge in [-0.2, -0.15) is 0 Å². The summed E-state index contributed by atoms with van der Waals surface area (Å²) in [5.41, 5.74) is 0. The summed E-state index contributed by atoms with van der Waals surface area (Å²) in [6, 6.07) is 0. The molecule has 0 unspecified atom stereocenters. The second-order valence-electron chi connectivity index (χ2n) is 36.5. The van der Waals surface area contributed by atoms with Gasteiger partial charge in [-0.1, -0.05) is 388 Å². The van der Waals surface area contributed by atoms with E-state index in [9.17, 15) is 0 Å². The molecule has 102 heavy (non-hydrogen) atoms. The highest BCUT2D eigenvalue weighted by Crippen LogP contribution is 2.58. The van der Waals surface area contributed by atoms with E-state index in [4.69, 9.17) is 0 Å². The van der Waals surface area contributed by atoms with Crippen molar-refractivity contribution in [2.45, 2.75) is 495 Å². The Bertz CT molecular complexity index is 1690. The summed E-state index contributed by atoms with van der Waals surface area (Å²) in [6.45, 7) is 14.3. The first kappa shape index (κ1) is 90.5. The SMILES string of the molecule is CCCCCCCCC1CCC(CSc2c(SCC3CCC(CCCCCCCC)CC3)c(SCC3CCC(CCCCCCCC)CC3)c(SCC3CCC(CCCCCCCC)CC3)c(SCC3CCC(CCCCCCCC)CC3)c2SCC2CCC(CCCCCCCC)CC2)CC1. The van der Waals surface area contributed by atoms with E-state index in [0.717, 1.165) is 71.0 Å². The molecule has 0 N–H and O–H groups in total. The fraction of sp³-hybridized carbons (Fsp3) is 0.938. The topological polar surface area (TPSA) is 0 Å². The zero-order chi connectivity index (χ0) is 71.5. The van der Waals surface area contributed by atoms with Crippen LogP contribution in [0.2, 0.25) is 0 Å². The lowest BCUT2D eigenvalue weighted by Gasteiger charge is -2.33. The number of thioether (sulfide) groups is 6. The molecule has 594 valence electrons. The number of benzene rings is 1. The van der Waals surface area contributed by atoms with Gasteiger partial charge in [0.15, 0.2) is 0 Å². The molecule has 6 aliphatic rings. The van der Waals surface area contributed by atoms with Crippen LogP contribution in [-0.2, 0) is 0 Å². The molecule has 0 saturated heterocycles. The maximum atomic E-state index is 2.48. The average molecular weight is 1520 g/mol. The first-order valence-corrected chi connectivity index (χ1v) is 53.3. The largest absolute Gasteiger partial charge is 0.123 e. The van der Waals surface area contributed by atoms with Crippen LogP contribution < -0.4 is 0 Å². The molecule has 0 atom stereocenters. The van der Waals surface area contributed by atoms with E-state index in [2.05, 4.69) is 112 Å². The molecule has 0 heterocycles. The van der Waals surface area contributed by atoms with E-state index in [1.165, 1.54) is 458 Å². The first-order valence-electron chi connectivity index (χ1n) is 47.4. The minimum atomic E-state index is 0.880. The van der Waals surface area contributed by atoms with E-state index in [0.29, 0.717) is 0 Å². The van der Waals surface area contributed by atoms with E-state index < -0.39 is 0 Å². The monoisotopic (exact) mass is 1520 g/mol. The molecule has 6 aliphatic carbocycles. The van der Waals surface area contributed by atoms with Gasteiger partial charge in [0.05, 0.1) is 0 Å². The van der Waals surface area contributed by atoms with Crippen molar-refractivity contribution in [3.8, 4) is 0 Å². The van der Waals surface area contributed by atoms with Gasteiger partial charge in [0.1, 0.15) is 0 Å². The quantitative estimate of drug-likeness (QED) is 0.0468. The second-order valence-corrected chi connectivity index (χ2v) is 42.7. The minimum absolute atomic E-state index is 0.880. The number of unbranched alkanes of at least 4 members (excludes halogenated alkanes) is 30. The van der Waals surface area contributed by atoms with Gasteiger partial charge in [-0.25, -0.2) is 0 Å². The Kier molecular flexibility index (Phi) is 52.4. The van der Waals surface area contributed by atoms with E-state index >= 15 is 0 Å². The highest BCUT2D eigenvalue weighted by molar-refractivity contribution is 8.06. The fourth-order valence-corrected chi connectivity index (χ4v) is 29.7. The summed E-state index contributed by atoms with van der Waals surface area (Å²) in [7, 11) is 0. The van der Waals surface area contributed by atoms with E-state index in [-0.39, 0.29) is 0 Å². The predicted molar refractivity (Wildman–Crippen MR) is 471 cm³/mol. The Morgan fingerprint density at radius 1 is 0.147 bits per heavy atom. The third-order valence-corrected chi connectivity index (χ3v) is 36.4. The summed E-state index contributed by atoms with van der Waals surface area (Å²) in [4.78, 5) is 11.1. The summed E-state index contributed by atoms with van der Waals surface area (Å²) < 4.78 is 0. The van der Waals surface area contributed by atoms with Gasteiger partial charge in [-0.05, 0) is 148 Å². The molecule has 0 amide bonds. The number of hydrogen-bond donors (Lipinski definition) is 0. The Labute approximate surface area is 665 Å². The van der Waals surface area contributed by atoms with Crippen molar-refractivity contribution in [3.63, 3.8) is 0 Å². The van der Waals surface area contributed by atoms with Crippen LogP contribution in [0.4, 0.5) is 0 Å². The van der Waals surface area contributed by atoms with Crippen LogP contribution in [0, 0.1) is 71.0 Å². The molecule has 6 heteroatoms. The van der Waals surface area contributed by atoms with Crippen molar-refractivity contribution < 1.29 is 0 Å². The van der Waals surface area contributed by atoms with Crippen LogP contribution in [0.3, 0.4) is 0 Å². The van der Waals surface area contributed by atoms with Gasteiger partial charge in [0.2, 0.25) is 0 Å². The second kappa shape index (κ2) is 59.1. The van der Waals surface area contributed by atoms with E-state index in [1.807, 2.05) is 29.4 Å². The molecule has 1 aromatic carbocycles. The van der Waals surface area contributed by atoms with Gasteiger partial charge in [0.25, 0.3) is 0 Å². The average Bonchev–Trinajstić information content (AvgIpc) is 0.763.